The van der Waals surface area contributed by atoms with Gasteiger partial charge in [0.05, 0.1) is 13.2 Å². The third-order valence-corrected chi connectivity index (χ3v) is 12.1. The van der Waals surface area contributed by atoms with Crippen LogP contribution >= 0.6 is 7.94 Å². The highest BCUT2D eigenvalue weighted by Crippen LogP contribution is 2.67. The van der Waals surface area contributed by atoms with Crippen LogP contribution in [-0.4, -0.2) is 23.3 Å². The maximum Gasteiger partial charge on any atom is 0.414 e. The molecule has 0 atom stereocenters. The Labute approximate surface area is 279 Å². The van der Waals surface area contributed by atoms with Gasteiger partial charge in [0.1, 0.15) is 0 Å². The molecule has 0 bridgehead atoms. The molecule has 0 heterocycles. The van der Waals surface area contributed by atoms with Crippen LogP contribution in [0.1, 0.15) is 240 Å². The molecular weight excluding hydrogens is 559 g/mol. The van der Waals surface area contributed by atoms with Gasteiger partial charge in [-0.05, 0) is 33.6 Å². The third kappa shape index (κ3) is 29.7. The van der Waals surface area contributed by atoms with E-state index >= 15 is 0 Å². The first kappa shape index (κ1) is 44.3. The van der Waals surface area contributed by atoms with Gasteiger partial charge in [-0.2, -0.15) is 13.9 Å². The average Bonchev–Trinajstić information content (AvgIpc) is 2.99. The quantitative estimate of drug-likeness (QED) is 0.0545. The minimum absolute atomic E-state index is 0.350. The summed E-state index contributed by atoms with van der Waals surface area (Å²) < 4.78 is 12.2. The molecule has 0 radical (unpaired) electrons. The zero-order chi connectivity index (χ0) is 32.5. The summed E-state index contributed by atoms with van der Waals surface area (Å²) in [6.07, 6.45) is 43.8. The second-order valence-electron chi connectivity index (χ2n) is 15.0. The molecule has 0 amide bonds. The van der Waals surface area contributed by atoms with Crippen molar-refractivity contribution >= 4 is 7.94 Å². The second kappa shape index (κ2) is 33.2. The molecule has 0 fully saturated rings. The Morgan fingerprint density at radius 2 is 0.523 bits per heavy atom. The van der Waals surface area contributed by atoms with E-state index in [9.17, 15) is 4.89 Å². The monoisotopic (exact) mass is 644 g/mol. The van der Waals surface area contributed by atoms with Crippen LogP contribution in [0.2, 0.25) is 0 Å². The lowest BCUT2D eigenvalue weighted by Crippen LogP contribution is -2.24. The summed E-state index contributed by atoms with van der Waals surface area (Å²) in [6, 6.07) is 0. The smallest absolute Gasteiger partial charge is 0.192 e. The molecule has 44 heavy (non-hydrogen) atoms. The van der Waals surface area contributed by atoms with E-state index in [1.807, 2.05) is 0 Å². The lowest BCUT2D eigenvalue weighted by Gasteiger charge is -2.28. The normalized spacial score (nSPS) is 12.4. The van der Waals surface area contributed by atoms with Crippen molar-refractivity contribution in [3.63, 3.8) is 0 Å². The van der Waals surface area contributed by atoms with Gasteiger partial charge in [0.15, 0.2) is 5.16 Å². The minimum atomic E-state index is -2.83. The van der Waals surface area contributed by atoms with Crippen molar-refractivity contribution in [3.05, 3.63) is 0 Å². The molecular formula is C40H84O3P+. The van der Waals surface area contributed by atoms with Crippen LogP contribution in [0.4, 0.5) is 0 Å². The predicted molar refractivity (Wildman–Crippen MR) is 200 cm³/mol. The van der Waals surface area contributed by atoms with Crippen molar-refractivity contribution in [2.45, 2.75) is 245 Å². The molecule has 0 aromatic carbocycles. The number of rotatable bonds is 36. The van der Waals surface area contributed by atoms with Crippen LogP contribution in [0.3, 0.4) is 0 Å². The van der Waals surface area contributed by atoms with Crippen LogP contribution in [0.15, 0.2) is 0 Å². The second-order valence-corrected chi connectivity index (χ2v) is 17.9. The number of hydrogen-bond acceptors (Lipinski definition) is 3. The van der Waals surface area contributed by atoms with Gasteiger partial charge in [-0.25, -0.2) is 0 Å². The van der Waals surface area contributed by atoms with E-state index in [0.717, 1.165) is 12.8 Å². The fourth-order valence-electron chi connectivity index (χ4n) is 6.10. The fraction of sp³-hybridized carbons (Fsp3) is 1.00. The van der Waals surface area contributed by atoms with Crippen LogP contribution in [0, 0.1) is 0 Å². The summed E-state index contributed by atoms with van der Waals surface area (Å²) in [7, 11) is -2.83. The van der Waals surface area contributed by atoms with Gasteiger partial charge in [-0.3, -0.25) is 0 Å². The summed E-state index contributed by atoms with van der Waals surface area (Å²) in [6.45, 7) is 12.0. The highest BCUT2D eigenvalue weighted by molar-refractivity contribution is 7.62. The van der Waals surface area contributed by atoms with Gasteiger partial charge in [0, 0.05) is 0 Å². The molecule has 0 aliphatic heterocycles. The highest BCUT2D eigenvalue weighted by atomic mass is 31.2. The van der Waals surface area contributed by atoms with E-state index in [-0.39, 0.29) is 5.16 Å². The number of hydrogen-bond donors (Lipinski definition) is 1. The maximum absolute atomic E-state index is 11.3. The molecule has 0 aromatic heterocycles. The highest BCUT2D eigenvalue weighted by Gasteiger charge is 2.53. The van der Waals surface area contributed by atoms with Crippen LogP contribution in [-0.2, 0) is 9.05 Å². The third-order valence-electron chi connectivity index (χ3n) is 9.38. The fourth-order valence-corrected chi connectivity index (χ4v) is 7.70. The summed E-state index contributed by atoms with van der Waals surface area (Å²) in [5.74, 6) is 0. The van der Waals surface area contributed by atoms with E-state index < -0.39 is 7.94 Å². The van der Waals surface area contributed by atoms with E-state index in [1.165, 1.54) is 193 Å². The molecule has 0 aliphatic rings. The Bertz CT molecular complexity index is 509. The maximum atomic E-state index is 11.3. The lowest BCUT2D eigenvalue weighted by molar-refractivity contribution is 0.153. The number of unbranched alkanes of at least 4 members (excludes halogenated alkanes) is 30. The topological polar surface area (TPSA) is 38.7 Å². The van der Waals surface area contributed by atoms with Gasteiger partial charge in [-0.15, -0.1) is 0 Å². The first-order valence-electron chi connectivity index (χ1n) is 20.3. The average molecular weight is 644 g/mol. The van der Waals surface area contributed by atoms with E-state index in [4.69, 9.17) is 9.05 Å². The zero-order valence-electron chi connectivity index (χ0n) is 31.3. The van der Waals surface area contributed by atoms with Crippen LogP contribution < -0.4 is 0 Å². The first-order valence-corrected chi connectivity index (χ1v) is 21.9. The van der Waals surface area contributed by atoms with E-state index in [1.54, 1.807) is 0 Å². The summed E-state index contributed by atoms with van der Waals surface area (Å²) in [5.41, 5.74) is 0. The van der Waals surface area contributed by atoms with Crippen LogP contribution in [0.25, 0.3) is 0 Å². The van der Waals surface area contributed by atoms with E-state index in [0.29, 0.717) is 13.2 Å². The molecule has 0 rings (SSSR count). The lowest BCUT2D eigenvalue weighted by atomic mass is 10.0. The molecule has 0 aromatic rings. The molecule has 0 saturated carbocycles. The molecule has 1 N–H and O–H groups in total. The van der Waals surface area contributed by atoms with Gasteiger partial charge >= 0.3 is 7.94 Å². The van der Waals surface area contributed by atoms with Crippen molar-refractivity contribution in [1.29, 1.82) is 0 Å². The Morgan fingerprint density at radius 1 is 0.341 bits per heavy atom. The van der Waals surface area contributed by atoms with Crippen molar-refractivity contribution in [3.8, 4) is 0 Å². The Hall–Kier alpha value is 0.310. The largest absolute Gasteiger partial charge is 0.414 e. The molecule has 0 saturated heterocycles. The standard InChI is InChI=1S/C40H84O3P/c1-6-8-10-12-14-16-18-20-22-24-26-28-30-32-34-36-38-42-44(41,40(3,4)5)43-39-37-35-33-31-29-27-25-23-21-19-17-15-13-11-9-7-2/h41H,6-39H2,1-5H3/q+1. The van der Waals surface area contributed by atoms with Crippen LogP contribution in [0.5, 0.6) is 0 Å². The Morgan fingerprint density at radius 3 is 0.705 bits per heavy atom. The molecule has 4 heteroatoms. The van der Waals surface area contributed by atoms with Gasteiger partial charge in [0.25, 0.3) is 0 Å². The molecule has 0 spiro atoms. The summed E-state index contributed by atoms with van der Waals surface area (Å²) in [4.78, 5) is 11.3. The molecule has 266 valence electrons. The van der Waals surface area contributed by atoms with E-state index in [2.05, 4.69) is 34.6 Å². The first-order chi connectivity index (χ1) is 21.4. The zero-order valence-corrected chi connectivity index (χ0v) is 32.1. The van der Waals surface area contributed by atoms with Gasteiger partial charge < -0.3 is 0 Å². The molecule has 0 aliphatic carbocycles. The minimum Gasteiger partial charge on any atom is -0.192 e. The summed E-state index contributed by atoms with van der Waals surface area (Å²) in [5, 5.41) is -0.350. The Kier molecular flexibility index (Phi) is 33.5. The van der Waals surface area contributed by atoms with Crippen molar-refractivity contribution in [1.82, 2.24) is 0 Å². The SMILES string of the molecule is CCCCCCCCCCCCCCCCCCO[P+](O)(OCCCCCCCCCCCCCCCCCC)C(C)(C)C. The van der Waals surface area contributed by atoms with Crippen molar-refractivity contribution in [2.75, 3.05) is 13.2 Å². The predicted octanol–water partition coefficient (Wildman–Crippen LogP) is 15.1. The molecule has 3 nitrogen and oxygen atoms in total. The molecule has 0 unspecified atom stereocenters. The van der Waals surface area contributed by atoms with Crippen molar-refractivity contribution in [2.24, 2.45) is 0 Å². The summed E-state index contributed by atoms with van der Waals surface area (Å²) >= 11 is 0. The van der Waals surface area contributed by atoms with Gasteiger partial charge in [0.2, 0.25) is 0 Å². The van der Waals surface area contributed by atoms with Crippen molar-refractivity contribution < 1.29 is 13.9 Å². The van der Waals surface area contributed by atoms with Gasteiger partial charge in [-0.1, -0.05) is 206 Å². The Balaban J connectivity index is 3.61.